The van der Waals surface area contributed by atoms with E-state index in [2.05, 4.69) is 4.98 Å². The molecule has 1 heterocycles. The van der Waals surface area contributed by atoms with Crippen LogP contribution in [0.25, 0.3) is 10.9 Å². The van der Waals surface area contributed by atoms with Crippen molar-refractivity contribution >= 4 is 20.7 Å². The lowest BCUT2D eigenvalue weighted by atomic mass is 10.2. The number of hydrogen-bond acceptors (Lipinski definition) is 5. The minimum atomic E-state index is -3.81. The summed E-state index contributed by atoms with van der Waals surface area (Å²) in [6.07, 6.45) is 0.864. The molecule has 0 spiro atoms. The van der Waals surface area contributed by atoms with Crippen LogP contribution in [0.15, 0.2) is 27.9 Å². The molecule has 7 heteroatoms. The van der Waals surface area contributed by atoms with E-state index in [1.807, 2.05) is 0 Å². The maximum absolute atomic E-state index is 11.6. The van der Waals surface area contributed by atoms with Gasteiger partial charge in [-0.05, 0) is 18.2 Å². The third-order valence-electron chi connectivity index (χ3n) is 2.52. The number of aromatic nitrogens is 1. The van der Waals surface area contributed by atoms with Crippen molar-refractivity contribution in [3.8, 4) is 11.5 Å². The van der Waals surface area contributed by atoms with Crippen LogP contribution >= 0.6 is 0 Å². The van der Waals surface area contributed by atoms with Crippen LogP contribution < -0.4 is 10.3 Å². The van der Waals surface area contributed by atoms with Crippen molar-refractivity contribution in [1.29, 1.82) is 0 Å². The molecule has 2 N–H and O–H groups in total. The molecule has 18 heavy (non-hydrogen) atoms. The third kappa shape index (κ3) is 1.92. The fourth-order valence-electron chi connectivity index (χ4n) is 1.71. The highest BCUT2D eigenvalue weighted by Gasteiger charge is 2.21. The molecule has 0 aliphatic rings. The van der Waals surface area contributed by atoms with Gasteiger partial charge in [-0.2, -0.15) is 0 Å². The molecule has 0 aliphatic heterocycles. The lowest BCUT2D eigenvalue weighted by Gasteiger charge is -2.07. The van der Waals surface area contributed by atoms with E-state index in [1.165, 1.54) is 19.2 Å². The zero-order valence-corrected chi connectivity index (χ0v) is 10.5. The van der Waals surface area contributed by atoms with Crippen LogP contribution in [0.3, 0.4) is 0 Å². The second kappa shape index (κ2) is 4.02. The molecule has 1 aromatic carbocycles. The van der Waals surface area contributed by atoms with E-state index >= 15 is 0 Å². The monoisotopic (exact) mass is 269 g/mol. The van der Waals surface area contributed by atoms with Gasteiger partial charge in [-0.15, -0.1) is 0 Å². The molecule has 2 aromatic rings. The first-order chi connectivity index (χ1) is 8.34. The highest BCUT2D eigenvalue weighted by molar-refractivity contribution is 7.90. The predicted molar refractivity (Wildman–Crippen MR) is 65.9 cm³/mol. The van der Waals surface area contributed by atoms with Crippen LogP contribution in [0.2, 0.25) is 0 Å². The smallest absolute Gasteiger partial charge is 0.271 e. The van der Waals surface area contributed by atoms with Crippen molar-refractivity contribution in [2.45, 2.75) is 4.90 Å². The third-order valence-corrected chi connectivity index (χ3v) is 3.64. The number of sulfone groups is 1. The summed E-state index contributed by atoms with van der Waals surface area (Å²) in [6.45, 7) is 0. The van der Waals surface area contributed by atoms with Crippen molar-refractivity contribution < 1.29 is 18.3 Å². The quantitative estimate of drug-likeness (QED) is 0.834. The normalized spacial score (nSPS) is 11.7. The highest BCUT2D eigenvalue weighted by atomic mass is 32.2. The zero-order chi connectivity index (χ0) is 13.5. The van der Waals surface area contributed by atoms with Crippen LogP contribution in [-0.4, -0.2) is 31.9 Å². The van der Waals surface area contributed by atoms with Gasteiger partial charge in [-0.25, -0.2) is 8.42 Å². The fourth-order valence-corrected chi connectivity index (χ4v) is 2.56. The van der Waals surface area contributed by atoms with Gasteiger partial charge in [0.2, 0.25) is 0 Å². The molecule has 0 amide bonds. The summed E-state index contributed by atoms with van der Waals surface area (Å²) in [5.41, 5.74) is -0.502. The Morgan fingerprint density at radius 1 is 1.33 bits per heavy atom. The summed E-state index contributed by atoms with van der Waals surface area (Å²) in [5.74, 6) is -0.112. The average Bonchev–Trinajstić information content (AvgIpc) is 2.26. The Labute approximate surface area is 103 Å². The number of fused-ring (bicyclic) bond motifs is 1. The van der Waals surface area contributed by atoms with Crippen molar-refractivity contribution in [2.24, 2.45) is 0 Å². The minimum Gasteiger partial charge on any atom is -0.506 e. The second-order valence-corrected chi connectivity index (χ2v) is 5.77. The van der Waals surface area contributed by atoms with Crippen molar-refractivity contribution in [3.63, 3.8) is 0 Å². The van der Waals surface area contributed by atoms with E-state index in [0.717, 1.165) is 6.26 Å². The molecule has 2 rings (SSSR count). The van der Waals surface area contributed by atoms with E-state index in [-0.39, 0.29) is 5.39 Å². The molecule has 0 radical (unpaired) electrons. The Morgan fingerprint density at radius 2 is 2.00 bits per heavy atom. The van der Waals surface area contributed by atoms with Crippen molar-refractivity contribution in [1.82, 2.24) is 4.98 Å². The number of aromatic amines is 1. The molecule has 0 saturated carbocycles. The topological polar surface area (TPSA) is 96.5 Å². The molecule has 0 aliphatic carbocycles. The molecule has 0 fully saturated rings. The Kier molecular flexibility index (Phi) is 2.78. The largest absolute Gasteiger partial charge is 0.506 e. The standard InChI is InChI=1S/C11H11NO5S/c1-17-6-3-4-8-7(5-6)9(13)10(11(14)12-8)18(2,15)16/h3-5H,1-2H3,(H2,12,13,14). The SMILES string of the molecule is COc1ccc2[nH]c(=O)c(S(C)(=O)=O)c(O)c2c1. The summed E-state index contributed by atoms with van der Waals surface area (Å²) in [7, 11) is -2.36. The number of benzene rings is 1. The number of pyridine rings is 1. The Hall–Kier alpha value is -2.02. The molecule has 0 bridgehead atoms. The first kappa shape index (κ1) is 12.4. The summed E-state index contributed by atoms with van der Waals surface area (Å²) < 4.78 is 27.9. The second-order valence-electron chi connectivity index (χ2n) is 3.82. The maximum Gasteiger partial charge on any atom is 0.271 e. The predicted octanol–water partition coefficient (Wildman–Crippen LogP) is 0.646. The Bertz CT molecular complexity index is 776. The van der Waals surface area contributed by atoms with Gasteiger partial charge >= 0.3 is 0 Å². The summed E-state index contributed by atoms with van der Waals surface area (Å²) in [6, 6.07) is 4.58. The molecule has 0 saturated heterocycles. The minimum absolute atomic E-state index is 0.217. The highest BCUT2D eigenvalue weighted by Crippen LogP contribution is 2.30. The first-order valence-electron chi connectivity index (χ1n) is 4.97. The van der Waals surface area contributed by atoms with Gasteiger partial charge in [0.05, 0.1) is 12.6 Å². The maximum atomic E-state index is 11.6. The number of aromatic hydroxyl groups is 1. The summed E-state index contributed by atoms with van der Waals surface area (Å²) in [5, 5.41) is 10.1. The molecular formula is C11H11NO5S. The van der Waals surface area contributed by atoms with Gasteiger partial charge in [-0.1, -0.05) is 0 Å². The van der Waals surface area contributed by atoms with Crippen LogP contribution in [0.1, 0.15) is 0 Å². The summed E-state index contributed by atoms with van der Waals surface area (Å²) >= 11 is 0. The number of rotatable bonds is 2. The van der Waals surface area contributed by atoms with Crippen LogP contribution in [0.5, 0.6) is 11.5 Å². The lowest BCUT2D eigenvalue weighted by Crippen LogP contribution is -2.16. The van der Waals surface area contributed by atoms with Crippen LogP contribution in [0, 0.1) is 0 Å². The lowest BCUT2D eigenvalue weighted by molar-refractivity contribution is 0.414. The zero-order valence-electron chi connectivity index (χ0n) is 9.72. The molecule has 1 aromatic heterocycles. The number of ether oxygens (including phenoxy) is 1. The van der Waals surface area contributed by atoms with Crippen molar-refractivity contribution in [2.75, 3.05) is 13.4 Å². The van der Waals surface area contributed by atoms with Gasteiger partial charge in [0.15, 0.2) is 14.7 Å². The van der Waals surface area contributed by atoms with Crippen LogP contribution in [-0.2, 0) is 9.84 Å². The molecule has 6 nitrogen and oxygen atoms in total. The van der Waals surface area contributed by atoms with E-state index in [4.69, 9.17) is 4.74 Å². The Morgan fingerprint density at radius 3 is 2.56 bits per heavy atom. The van der Waals surface area contributed by atoms with E-state index < -0.39 is 26.0 Å². The average molecular weight is 269 g/mol. The van der Waals surface area contributed by atoms with Gasteiger partial charge in [0.1, 0.15) is 11.5 Å². The fraction of sp³-hybridized carbons (Fsp3) is 0.182. The molecule has 0 atom stereocenters. The number of nitrogens with one attached hydrogen (secondary N) is 1. The van der Waals surface area contributed by atoms with E-state index in [0.29, 0.717) is 11.3 Å². The van der Waals surface area contributed by atoms with Gasteiger partial charge in [0.25, 0.3) is 5.56 Å². The van der Waals surface area contributed by atoms with Gasteiger partial charge in [0, 0.05) is 11.6 Å². The molecule has 0 unspecified atom stereocenters. The number of hydrogen-bond donors (Lipinski definition) is 2. The van der Waals surface area contributed by atoms with E-state index in [9.17, 15) is 18.3 Å². The Balaban J connectivity index is 2.96. The number of methoxy groups -OCH3 is 1. The molecule has 96 valence electrons. The first-order valence-corrected chi connectivity index (χ1v) is 6.87. The van der Waals surface area contributed by atoms with Crippen molar-refractivity contribution in [3.05, 3.63) is 28.6 Å². The van der Waals surface area contributed by atoms with Gasteiger partial charge in [-0.3, -0.25) is 4.79 Å². The van der Waals surface area contributed by atoms with E-state index in [1.54, 1.807) is 6.07 Å². The number of H-pyrrole nitrogens is 1. The van der Waals surface area contributed by atoms with Gasteiger partial charge < -0.3 is 14.8 Å². The summed E-state index contributed by atoms with van der Waals surface area (Å²) in [4.78, 5) is 13.4. The van der Waals surface area contributed by atoms with Crippen LogP contribution in [0.4, 0.5) is 0 Å². The molecular weight excluding hydrogens is 258 g/mol.